The third kappa shape index (κ3) is 6.52. The molecule has 3 aromatic carbocycles. The molecule has 11 heteroatoms. The first-order valence-electron chi connectivity index (χ1n) is 10.9. The first-order chi connectivity index (χ1) is 17.4. The average molecular weight is 517 g/mol. The second kappa shape index (κ2) is 12.9. The van der Waals surface area contributed by atoms with Crippen molar-refractivity contribution in [2.24, 2.45) is 0 Å². The summed E-state index contributed by atoms with van der Waals surface area (Å²) in [7, 11) is -1.22. The van der Waals surface area contributed by atoms with Crippen LogP contribution in [0.25, 0.3) is 0 Å². The van der Waals surface area contributed by atoms with Crippen molar-refractivity contribution in [3.05, 3.63) is 83.9 Å². The zero-order valence-corrected chi connectivity index (χ0v) is 20.7. The first-order valence-corrected chi connectivity index (χ1v) is 12.3. The smallest absolute Gasteiger partial charge is 0.276 e. The van der Waals surface area contributed by atoms with Gasteiger partial charge in [0.25, 0.3) is 15.9 Å². The zero-order chi connectivity index (χ0) is 26.0. The monoisotopic (exact) mass is 516 g/mol. The van der Waals surface area contributed by atoms with Crippen LogP contribution in [0.1, 0.15) is 15.9 Å². The summed E-state index contributed by atoms with van der Waals surface area (Å²) in [6, 6.07) is 19.2. The van der Waals surface area contributed by atoms with E-state index in [1.54, 1.807) is 29.7 Å². The van der Waals surface area contributed by atoms with E-state index in [2.05, 4.69) is 0 Å². The lowest BCUT2D eigenvalue weighted by Gasteiger charge is -2.28. The van der Waals surface area contributed by atoms with Crippen molar-refractivity contribution in [3.63, 3.8) is 0 Å². The number of nitrogens with zero attached hydrogens (tertiary/aromatic N) is 1. The predicted molar refractivity (Wildman–Crippen MR) is 132 cm³/mol. The Morgan fingerprint density at radius 3 is 2.31 bits per heavy atom. The van der Waals surface area contributed by atoms with E-state index >= 15 is 0 Å². The molecule has 192 valence electrons. The van der Waals surface area contributed by atoms with Crippen LogP contribution >= 0.6 is 0 Å². The molecule has 3 rings (SSSR count). The molecule has 10 nitrogen and oxygen atoms in total. The number of methoxy groups -OCH3 is 2. The number of ether oxygens (including phenoxy) is 4. The SMILES string of the molecule is COCCOCOc1cccc(C(=O)NO)c1N(Cc1ccccc1)S(=O)(=O)c1ccc(OC)cc1. The van der Waals surface area contributed by atoms with Crippen molar-refractivity contribution in [2.45, 2.75) is 11.4 Å². The number of nitrogens with one attached hydrogen (secondary N) is 1. The Hall–Kier alpha value is -3.64. The Bertz CT molecular complexity index is 1230. The topological polar surface area (TPSA) is 124 Å². The number of para-hydroxylation sites is 1. The summed E-state index contributed by atoms with van der Waals surface area (Å²) in [6.07, 6.45) is 0. The Morgan fingerprint density at radius 2 is 1.67 bits per heavy atom. The lowest BCUT2D eigenvalue weighted by atomic mass is 10.1. The Morgan fingerprint density at radius 1 is 0.944 bits per heavy atom. The van der Waals surface area contributed by atoms with Crippen LogP contribution in [0.2, 0.25) is 0 Å². The van der Waals surface area contributed by atoms with Gasteiger partial charge in [-0.05, 0) is 42.0 Å². The predicted octanol–water partition coefficient (Wildman–Crippen LogP) is 3.21. The Labute approximate surface area is 210 Å². The van der Waals surface area contributed by atoms with Crippen LogP contribution in [-0.4, -0.2) is 53.8 Å². The van der Waals surface area contributed by atoms with Crippen LogP contribution in [0.4, 0.5) is 5.69 Å². The molecule has 1 amide bonds. The summed E-state index contributed by atoms with van der Waals surface area (Å²) < 4.78 is 50.2. The summed E-state index contributed by atoms with van der Waals surface area (Å²) in [5.41, 5.74) is 2.07. The number of amides is 1. The molecule has 0 unspecified atom stereocenters. The molecule has 0 aliphatic rings. The molecule has 0 atom stereocenters. The highest BCUT2D eigenvalue weighted by molar-refractivity contribution is 7.92. The van der Waals surface area contributed by atoms with Crippen LogP contribution in [0.3, 0.4) is 0 Å². The van der Waals surface area contributed by atoms with E-state index in [9.17, 15) is 18.4 Å². The van der Waals surface area contributed by atoms with Crippen molar-refractivity contribution >= 4 is 21.6 Å². The van der Waals surface area contributed by atoms with Gasteiger partial charge >= 0.3 is 0 Å². The highest BCUT2D eigenvalue weighted by Crippen LogP contribution is 2.37. The van der Waals surface area contributed by atoms with E-state index in [1.165, 1.54) is 56.7 Å². The number of hydrogen-bond acceptors (Lipinski definition) is 8. The molecule has 3 aromatic rings. The molecule has 0 saturated carbocycles. The maximum atomic E-state index is 14.0. The largest absolute Gasteiger partial charge is 0.497 e. The number of carbonyl (C=O) groups is 1. The standard InChI is InChI=1S/C25H28N2O8S/c1-32-15-16-34-18-35-23-10-6-9-22(25(28)26-29)24(23)27(17-19-7-4-3-5-8-19)36(30,31)21-13-11-20(33-2)12-14-21/h3-14,29H,15-18H2,1-2H3,(H,26,28). The molecular weight excluding hydrogens is 488 g/mol. The van der Waals surface area contributed by atoms with Gasteiger partial charge < -0.3 is 18.9 Å². The number of hydroxylamine groups is 1. The number of hydrogen-bond donors (Lipinski definition) is 2. The van der Waals surface area contributed by atoms with Gasteiger partial charge in [0.05, 0.1) is 37.3 Å². The van der Waals surface area contributed by atoms with Gasteiger partial charge in [-0.2, -0.15) is 0 Å². The van der Waals surface area contributed by atoms with Gasteiger partial charge in [0.2, 0.25) is 0 Å². The lowest BCUT2D eigenvalue weighted by molar-refractivity contribution is -0.00826. The van der Waals surface area contributed by atoms with Gasteiger partial charge in [-0.15, -0.1) is 0 Å². The van der Waals surface area contributed by atoms with E-state index in [0.717, 1.165) is 4.31 Å². The molecule has 0 aliphatic heterocycles. The molecule has 0 bridgehead atoms. The minimum Gasteiger partial charge on any atom is -0.497 e. The molecule has 0 heterocycles. The number of sulfonamides is 1. The van der Waals surface area contributed by atoms with Crippen LogP contribution < -0.4 is 19.3 Å². The van der Waals surface area contributed by atoms with Crippen molar-refractivity contribution in [1.82, 2.24) is 5.48 Å². The second-order valence-electron chi connectivity index (χ2n) is 7.43. The van der Waals surface area contributed by atoms with E-state index in [4.69, 9.17) is 18.9 Å². The maximum Gasteiger partial charge on any atom is 0.276 e. The van der Waals surface area contributed by atoms with Gasteiger partial charge in [0, 0.05) is 7.11 Å². The fourth-order valence-electron chi connectivity index (χ4n) is 3.35. The molecule has 0 fully saturated rings. The van der Waals surface area contributed by atoms with Crippen molar-refractivity contribution < 1.29 is 37.4 Å². The third-order valence-corrected chi connectivity index (χ3v) is 6.90. The Kier molecular flexibility index (Phi) is 9.65. The Balaban J connectivity index is 2.14. The molecule has 0 aliphatic carbocycles. The lowest BCUT2D eigenvalue weighted by Crippen LogP contribution is -2.33. The number of carbonyl (C=O) groups excluding carboxylic acids is 1. The summed E-state index contributed by atoms with van der Waals surface area (Å²) >= 11 is 0. The summed E-state index contributed by atoms with van der Waals surface area (Å²) in [5.74, 6) is -0.346. The van der Waals surface area contributed by atoms with Gasteiger partial charge in [-0.25, -0.2) is 13.9 Å². The van der Waals surface area contributed by atoms with Crippen molar-refractivity contribution in [3.8, 4) is 11.5 Å². The van der Waals surface area contributed by atoms with Gasteiger partial charge in [-0.1, -0.05) is 36.4 Å². The fraction of sp³-hybridized carbons (Fsp3) is 0.240. The maximum absolute atomic E-state index is 14.0. The average Bonchev–Trinajstić information content (AvgIpc) is 2.91. The van der Waals surface area contributed by atoms with Gasteiger partial charge in [0.1, 0.15) is 17.2 Å². The minimum atomic E-state index is -4.23. The molecular formula is C25H28N2O8S. The fourth-order valence-corrected chi connectivity index (χ4v) is 4.84. The molecule has 36 heavy (non-hydrogen) atoms. The van der Waals surface area contributed by atoms with Crippen molar-refractivity contribution in [1.29, 1.82) is 0 Å². The highest BCUT2D eigenvalue weighted by Gasteiger charge is 2.32. The number of anilines is 1. The third-order valence-electron chi connectivity index (χ3n) is 5.14. The molecule has 0 aromatic heterocycles. The molecule has 0 saturated heterocycles. The van der Waals surface area contributed by atoms with Gasteiger partial charge in [-0.3, -0.25) is 14.3 Å². The summed E-state index contributed by atoms with van der Waals surface area (Å²) in [6.45, 7) is 0.254. The van der Waals surface area contributed by atoms with Gasteiger partial charge in [0.15, 0.2) is 6.79 Å². The van der Waals surface area contributed by atoms with E-state index in [-0.39, 0.29) is 41.8 Å². The van der Waals surface area contributed by atoms with Crippen molar-refractivity contribution in [2.75, 3.05) is 38.5 Å². The summed E-state index contributed by atoms with van der Waals surface area (Å²) in [4.78, 5) is 12.6. The van der Waals surface area contributed by atoms with Crippen LogP contribution in [-0.2, 0) is 26.0 Å². The normalized spacial score (nSPS) is 11.1. The first kappa shape index (κ1) is 27.0. The second-order valence-corrected chi connectivity index (χ2v) is 9.29. The zero-order valence-electron chi connectivity index (χ0n) is 19.9. The molecule has 0 spiro atoms. The van der Waals surface area contributed by atoms with E-state index in [0.29, 0.717) is 17.9 Å². The van der Waals surface area contributed by atoms with E-state index in [1.807, 2.05) is 6.07 Å². The quantitative estimate of drug-likeness (QED) is 0.154. The number of benzene rings is 3. The van der Waals surface area contributed by atoms with Crippen LogP contribution in [0, 0.1) is 0 Å². The highest BCUT2D eigenvalue weighted by atomic mass is 32.2. The van der Waals surface area contributed by atoms with Crippen LogP contribution in [0.5, 0.6) is 11.5 Å². The minimum absolute atomic E-state index is 0.0271. The molecule has 0 radical (unpaired) electrons. The number of rotatable bonds is 13. The van der Waals surface area contributed by atoms with Crippen LogP contribution in [0.15, 0.2) is 77.7 Å². The van der Waals surface area contributed by atoms with E-state index < -0.39 is 15.9 Å². The summed E-state index contributed by atoms with van der Waals surface area (Å²) in [5, 5.41) is 9.36. The molecule has 2 N–H and O–H groups in total.